The maximum atomic E-state index is 12.5. The van der Waals surface area contributed by atoms with Crippen LogP contribution < -0.4 is 0 Å². The third kappa shape index (κ3) is 8.13. The normalized spacial score (nSPS) is 14.4. The lowest BCUT2D eigenvalue weighted by molar-refractivity contribution is -0.145. The molecule has 0 bridgehead atoms. The zero-order chi connectivity index (χ0) is 19.2. The molecular formula is C20H30ClNO2S. The van der Waals surface area contributed by atoms with Gasteiger partial charge in [-0.2, -0.15) is 0 Å². The highest BCUT2D eigenvalue weighted by atomic mass is 35.5. The molecule has 0 fully saturated rings. The number of hydrogen-bond acceptors (Lipinski definition) is 4. The van der Waals surface area contributed by atoms with E-state index in [1.165, 1.54) is 12.0 Å². The molecule has 0 heterocycles. The second-order valence-electron chi connectivity index (χ2n) is 5.23. The van der Waals surface area contributed by atoms with Gasteiger partial charge < -0.3 is 4.74 Å². The van der Waals surface area contributed by atoms with Crippen molar-refractivity contribution in [3.05, 3.63) is 59.0 Å². The van der Waals surface area contributed by atoms with Crippen molar-refractivity contribution >= 4 is 29.3 Å². The van der Waals surface area contributed by atoms with Crippen molar-refractivity contribution in [1.29, 1.82) is 0 Å². The van der Waals surface area contributed by atoms with Crippen LogP contribution in [0.3, 0.4) is 0 Å². The third-order valence-corrected chi connectivity index (χ3v) is 5.06. The molecular weight excluding hydrogens is 354 g/mol. The first-order chi connectivity index (χ1) is 12.0. The molecule has 1 atom stereocenters. The molecule has 0 rings (SSSR count). The van der Waals surface area contributed by atoms with Crippen LogP contribution in [0.4, 0.5) is 0 Å². The minimum absolute atomic E-state index is 0.306. The van der Waals surface area contributed by atoms with E-state index < -0.39 is 6.04 Å². The highest BCUT2D eigenvalue weighted by molar-refractivity contribution is 8.02. The fraction of sp³-hybridized carbons (Fsp3) is 0.450. The van der Waals surface area contributed by atoms with Crippen molar-refractivity contribution in [1.82, 2.24) is 4.90 Å². The first kappa shape index (κ1) is 23.8. The SMILES string of the molecule is C=C/C=C(/CCN(CC)[C@H](C(=O)OC)/C(C/C=C\C)=C(\Cl)C=C)SC. The Hall–Kier alpha value is -1.23. The van der Waals surface area contributed by atoms with E-state index in [-0.39, 0.29) is 5.97 Å². The Kier molecular flexibility index (Phi) is 13.3. The molecule has 0 saturated heterocycles. The number of halogens is 1. The summed E-state index contributed by atoms with van der Waals surface area (Å²) in [4.78, 5) is 15.8. The zero-order valence-corrected chi connectivity index (χ0v) is 17.3. The molecule has 5 heteroatoms. The summed E-state index contributed by atoms with van der Waals surface area (Å²) in [6.45, 7) is 12.9. The largest absolute Gasteiger partial charge is 0.468 e. The Morgan fingerprint density at radius 1 is 1.40 bits per heavy atom. The maximum Gasteiger partial charge on any atom is 0.327 e. The number of carbonyl (C=O) groups excluding carboxylic acids is 1. The first-order valence-corrected chi connectivity index (χ1v) is 9.90. The maximum absolute atomic E-state index is 12.5. The number of ether oxygens (including phenoxy) is 1. The van der Waals surface area contributed by atoms with Crippen LogP contribution in [0.5, 0.6) is 0 Å². The number of rotatable bonds is 12. The summed E-state index contributed by atoms with van der Waals surface area (Å²) in [6, 6.07) is -0.525. The Bertz CT molecular complexity index is 538. The zero-order valence-electron chi connectivity index (χ0n) is 15.8. The van der Waals surface area contributed by atoms with Crippen LogP contribution in [-0.2, 0) is 9.53 Å². The molecule has 0 aromatic rings. The highest BCUT2D eigenvalue weighted by Gasteiger charge is 2.30. The van der Waals surface area contributed by atoms with Gasteiger partial charge in [0.05, 0.1) is 7.11 Å². The van der Waals surface area contributed by atoms with E-state index in [1.807, 2.05) is 38.3 Å². The molecule has 3 nitrogen and oxygen atoms in total. The number of thioether (sulfide) groups is 1. The van der Waals surface area contributed by atoms with Crippen molar-refractivity contribution in [3.8, 4) is 0 Å². The van der Waals surface area contributed by atoms with Crippen molar-refractivity contribution in [3.63, 3.8) is 0 Å². The summed E-state index contributed by atoms with van der Waals surface area (Å²) in [5.41, 5.74) is 0.807. The molecule has 0 amide bonds. The van der Waals surface area contributed by atoms with Crippen LogP contribution in [0.2, 0.25) is 0 Å². The van der Waals surface area contributed by atoms with Crippen molar-refractivity contribution < 1.29 is 9.53 Å². The summed E-state index contributed by atoms with van der Waals surface area (Å²) >= 11 is 8.06. The minimum atomic E-state index is -0.525. The van der Waals surface area contributed by atoms with E-state index in [0.717, 1.165) is 18.5 Å². The fourth-order valence-electron chi connectivity index (χ4n) is 2.45. The monoisotopic (exact) mass is 383 g/mol. The standard InChI is InChI=1S/C20H30ClNO2S/c1-7-11-13-17(18(21)9-3)19(20(23)24-5)22(10-4)15-14-16(25-6)12-8-2/h7-9,11-12,19H,2-3,10,13-15H2,1,4-6H3/b11-7-,16-12-,18-17-/t19-/m0/s1. The van der Waals surface area contributed by atoms with E-state index in [0.29, 0.717) is 18.0 Å². The summed E-state index contributed by atoms with van der Waals surface area (Å²) in [7, 11) is 1.41. The number of methoxy groups -OCH3 is 1. The summed E-state index contributed by atoms with van der Waals surface area (Å²) in [6.07, 6.45) is 12.7. The van der Waals surface area contributed by atoms with Gasteiger partial charge in [-0.3, -0.25) is 4.90 Å². The Balaban J connectivity index is 5.71. The molecule has 0 aromatic heterocycles. The number of nitrogens with zero attached hydrogens (tertiary/aromatic N) is 1. The Morgan fingerprint density at radius 2 is 2.08 bits per heavy atom. The first-order valence-electron chi connectivity index (χ1n) is 8.30. The molecule has 140 valence electrons. The van der Waals surface area contributed by atoms with Gasteiger partial charge in [-0.15, -0.1) is 11.8 Å². The van der Waals surface area contributed by atoms with Crippen LogP contribution in [0.15, 0.2) is 59.0 Å². The van der Waals surface area contributed by atoms with Gasteiger partial charge >= 0.3 is 5.97 Å². The third-order valence-electron chi connectivity index (χ3n) is 3.80. The van der Waals surface area contributed by atoms with E-state index in [2.05, 4.69) is 18.1 Å². The summed E-state index contributed by atoms with van der Waals surface area (Å²) < 4.78 is 5.06. The van der Waals surface area contributed by atoms with Crippen molar-refractivity contribution in [2.45, 2.75) is 32.7 Å². The quantitative estimate of drug-likeness (QED) is 0.259. The molecule has 25 heavy (non-hydrogen) atoms. The Morgan fingerprint density at radius 3 is 2.52 bits per heavy atom. The molecule has 0 aliphatic rings. The van der Waals surface area contributed by atoms with E-state index in [4.69, 9.17) is 16.3 Å². The number of carbonyl (C=O) groups is 1. The van der Waals surface area contributed by atoms with Gasteiger partial charge in [-0.25, -0.2) is 4.79 Å². The molecule has 0 unspecified atom stereocenters. The topological polar surface area (TPSA) is 29.5 Å². The van der Waals surface area contributed by atoms with Crippen LogP contribution in [0, 0.1) is 0 Å². The number of allylic oxidation sites excluding steroid dienone is 6. The number of hydrogen-bond donors (Lipinski definition) is 0. The predicted octanol–water partition coefficient (Wildman–Crippen LogP) is 5.32. The number of esters is 1. The van der Waals surface area contributed by atoms with Crippen molar-refractivity contribution in [2.75, 3.05) is 26.5 Å². The summed E-state index contributed by atoms with van der Waals surface area (Å²) in [5.74, 6) is -0.306. The van der Waals surface area contributed by atoms with Gasteiger partial charge in [-0.1, -0.05) is 62.1 Å². The molecule has 0 aromatic carbocycles. The van der Waals surface area contributed by atoms with Gasteiger partial charge in [0.15, 0.2) is 0 Å². The van der Waals surface area contributed by atoms with Crippen LogP contribution in [0.1, 0.15) is 26.7 Å². The van der Waals surface area contributed by atoms with Gasteiger partial charge in [0.25, 0.3) is 0 Å². The molecule has 0 saturated carbocycles. The minimum Gasteiger partial charge on any atom is -0.468 e. The van der Waals surface area contributed by atoms with Crippen molar-refractivity contribution in [2.24, 2.45) is 0 Å². The van der Waals surface area contributed by atoms with Crippen LogP contribution in [-0.4, -0.2) is 43.4 Å². The van der Waals surface area contributed by atoms with Gasteiger partial charge in [0, 0.05) is 11.6 Å². The molecule has 0 aliphatic heterocycles. The second-order valence-corrected chi connectivity index (χ2v) is 6.57. The average Bonchev–Trinajstić information content (AvgIpc) is 2.64. The van der Waals surface area contributed by atoms with Gasteiger partial charge in [0.1, 0.15) is 6.04 Å². The van der Waals surface area contributed by atoms with Crippen LogP contribution in [0.25, 0.3) is 0 Å². The molecule has 0 radical (unpaired) electrons. The fourth-order valence-corrected chi connectivity index (χ4v) is 3.16. The van der Waals surface area contributed by atoms with Crippen LogP contribution >= 0.6 is 23.4 Å². The molecule has 0 N–H and O–H groups in total. The lowest BCUT2D eigenvalue weighted by Crippen LogP contribution is -2.44. The van der Waals surface area contributed by atoms with Gasteiger partial charge in [0.2, 0.25) is 0 Å². The summed E-state index contributed by atoms with van der Waals surface area (Å²) in [5, 5.41) is 0.499. The average molecular weight is 384 g/mol. The lowest BCUT2D eigenvalue weighted by Gasteiger charge is -2.31. The highest BCUT2D eigenvalue weighted by Crippen LogP contribution is 2.25. The van der Waals surface area contributed by atoms with Gasteiger partial charge in [-0.05, 0) is 43.0 Å². The van der Waals surface area contributed by atoms with E-state index in [1.54, 1.807) is 23.9 Å². The second kappa shape index (κ2) is 14.0. The van der Waals surface area contributed by atoms with E-state index in [9.17, 15) is 4.79 Å². The Labute approximate surface area is 162 Å². The molecule has 0 spiro atoms. The predicted molar refractivity (Wildman–Crippen MR) is 112 cm³/mol. The van der Waals surface area contributed by atoms with E-state index >= 15 is 0 Å². The molecule has 0 aliphatic carbocycles. The number of likely N-dealkylation sites (N-methyl/N-ethyl adjacent to an activating group) is 1. The smallest absolute Gasteiger partial charge is 0.327 e. The lowest BCUT2D eigenvalue weighted by atomic mass is 10.0.